The summed E-state index contributed by atoms with van der Waals surface area (Å²) in [6.07, 6.45) is 0.111. The number of amides is 2. The van der Waals surface area contributed by atoms with Crippen LogP contribution in [0.15, 0.2) is 18.2 Å². The molecule has 1 aromatic rings. The highest BCUT2D eigenvalue weighted by molar-refractivity contribution is 6.03. The van der Waals surface area contributed by atoms with Crippen molar-refractivity contribution in [3.63, 3.8) is 0 Å². The van der Waals surface area contributed by atoms with Gasteiger partial charge in [0.25, 0.3) is 11.8 Å². The Morgan fingerprint density at radius 1 is 1.53 bits per heavy atom. The predicted octanol–water partition coefficient (Wildman–Crippen LogP) is 0.485. The number of hydrogen-bond acceptors (Lipinski definition) is 4. The van der Waals surface area contributed by atoms with Gasteiger partial charge in [0, 0.05) is 6.54 Å². The Morgan fingerprint density at radius 2 is 2.32 bits per heavy atom. The van der Waals surface area contributed by atoms with Crippen molar-refractivity contribution in [3.05, 3.63) is 23.8 Å². The van der Waals surface area contributed by atoms with Crippen molar-refractivity contribution in [3.8, 4) is 5.75 Å². The van der Waals surface area contributed by atoms with E-state index in [0.29, 0.717) is 30.1 Å². The van der Waals surface area contributed by atoms with E-state index >= 15 is 0 Å². The van der Waals surface area contributed by atoms with Crippen LogP contribution in [0.4, 0.5) is 5.69 Å². The van der Waals surface area contributed by atoms with E-state index in [1.165, 1.54) is 0 Å². The molecule has 1 heterocycles. The van der Waals surface area contributed by atoms with E-state index in [4.69, 9.17) is 10.5 Å². The van der Waals surface area contributed by atoms with E-state index in [1.807, 2.05) is 0 Å². The molecule has 0 spiro atoms. The first-order valence-corrected chi connectivity index (χ1v) is 6.22. The maximum absolute atomic E-state index is 12.0. The molecule has 4 N–H and O–H groups in total. The summed E-state index contributed by atoms with van der Waals surface area (Å²) in [4.78, 5) is 23.5. The number of rotatable bonds is 4. The summed E-state index contributed by atoms with van der Waals surface area (Å²) in [6.45, 7) is 2.68. The Balaban J connectivity index is 2.20. The lowest BCUT2D eigenvalue weighted by atomic mass is 10.1. The molecule has 1 atom stereocenters. The zero-order chi connectivity index (χ0) is 13.8. The SMILES string of the molecule is CC1Oc2c(cccc2C(=O)NCCCN)NC1=O. The molecule has 2 amide bonds. The fourth-order valence-corrected chi connectivity index (χ4v) is 1.81. The minimum Gasteiger partial charge on any atom is -0.478 e. The van der Waals surface area contributed by atoms with Gasteiger partial charge < -0.3 is 21.1 Å². The highest BCUT2D eigenvalue weighted by Crippen LogP contribution is 2.33. The van der Waals surface area contributed by atoms with Gasteiger partial charge in [-0.05, 0) is 32.0 Å². The third-order valence-electron chi connectivity index (χ3n) is 2.85. The number of carbonyl (C=O) groups is 2. The Bertz CT molecular complexity index is 502. The normalized spacial score (nSPS) is 17.2. The van der Waals surface area contributed by atoms with Gasteiger partial charge in [0.05, 0.1) is 11.3 Å². The zero-order valence-corrected chi connectivity index (χ0v) is 10.7. The third-order valence-corrected chi connectivity index (χ3v) is 2.85. The van der Waals surface area contributed by atoms with Gasteiger partial charge >= 0.3 is 0 Å². The van der Waals surface area contributed by atoms with Crippen molar-refractivity contribution in [1.29, 1.82) is 0 Å². The molecule has 0 aromatic heterocycles. The molecule has 0 saturated carbocycles. The number of para-hydroxylation sites is 1. The van der Waals surface area contributed by atoms with Crippen LogP contribution in [-0.2, 0) is 4.79 Å². The van der Waals surface area contributed by atoms with Crippen molar-refractivity contribution >= 4 is 17.5 Å². The topological polar surface area (TPSA) is 93.4 Å². The first kappa shape index (κ1) is 13.4. The number of nitrogens with one attached hydrogen (secondary N) is 2. The smallest absolute Gasteiger partial charge is 0.265 e. The van der Waals surface area contributed by atoms with Crippen LogP contribution in [0.1, 0.15) is 23.7 Å². The summed E-state index contributed by atoms with van der Waals surface area (Å²) in [6, 6.07) is 5.08. The highest BCUT2D eigenvalue weighted by atomic mass is 16.5. The lowest BCUT2D eigenvalue weighted by molar-refractivity contribution is -0.122. The van der Waals surface area contributed by atoms with Gasteiger partial charge in [-0.1, -0.05) is 6.07 Å². The molecule has 0 fully saturated rings. The molecule has 2 rings (SSSR count). The molecule has 0 bridgehead atoms. The minimum atomic E-state index is -0.606. The minimum absolute atomic E-state index is 0.215. The Labute approximate surface area is 111 Å². The van der Waals surface area contributed by atoms with Gasteiger partial charge in [-0.15, -0.1) is 0 Å². The second-order valence-corrected chi connectivity index (χ2v) is 4.33. The largest absolute Gasteiger partial charge is 0.478 e. The molecule has 102 valence electrons. The van der Waals surface area contributed by atoms with Crippen LogP contribution < -0.4 is 21.1 Å². The molecule has 0 radical (unpaired) electrons. The lowest BCUT2D eigenvalue weighted by Gasteiger charge is -2.25. The Kier molecular flexibility index (Phi) is 4.01. The Morgan fingerprint density at radius 3 is 3.05 bits per heavy atom. The third kappa shape index (κ3) is 2.85. The molecular formula is C13H17N3O3. The van der Waals surface area contributed by atoms with E-state index in [1.54, 1.807) is 25.1 Å². The zero-order valence-electron chi connectivity index (χ0n) is 10.7. The maximum Gasteiger partial charge on any atom is 0.265 e. The van der Waals surface area contributed by atoms with Gasteiger partial charge in [0.15, 0.2) is 11.9 Å². The van der Waals surface area contributed by atoms with E-state index in [2.05, 4.69) is 10.6 Å². The summed E-state index contributed by atoms with van der Waals surface area (Å²) in [7, 11) is 0. The number of nitrogens with two attached hydrogens (primary N) is 1. The van der Waals surface area contributed by atoms with Gasteiger partial charge in [-0.2, -0.15) is 0 Å². The monoisotopic (exact) mass is 263 g/mol. The summed E-state index contributed by atoms with van der Waals surface area (Å²) >= 11 is 0. The standard InChI is InChI=1S/C13H17N3O3/c1-8-12(17)16-10-5-2-4-9(11(10)19-8)13(18)15-7-3-6-14/h2,4-5,8H,3,6-7,14H2,1H3,(H,15,18)(H,16,17). The molecule has 6 nitrogen and oxygen atoms in total. The number of carbonyl (C=O) groups excluding carboxylic acids is 2. The quantitative estimate of drug-likeness (QED) is 0.689. The second kappa shape index (κ2) is 5.71. The van der Waals surface area contributed by atoms with Crippen molar-refractivity contribution in [2.75, 3.05) is 18.4 Å². The molecule has 6 heteroatoms. The number of fused-ring (bicyclic) bond motifs is 1. The average Bonchev–Trinajstić information content (AvgIpc) is 2.39. The number of ether oxygens (including phenoxy) is 1. The predicted molar refractivity (Wildman–Crippen MR) is 71.2 cm³/mol. The fraction of sp³-hybridized carbons (Fsp3) is 0.385. The number of anilines is 1. The second-order valence-electron chi connectivity index (χ2n) is 4.33. The molecule has 0 saturated heterocycles. The van der Waals surface area contributed by atoms with Crippen molar-refractivity contribution in [2.45, 2.75) is 19.4 Å². The summed E-state index contributed by atoms with van der Waals surface area (Å²) in [5.74, 6) is -0.0262. The van der Waals surface area contributed by atoms with Crippen LogP contribution in [0.3, 0.4) is 0 Å². The van der Waals surface area contributed by atoms with E-state index < -0.39 is 6.10 Å². The molecule has 19 heavy (non-hydrogen) atoms. The fourth-order valence-electron chi connectivity index (χ4n) is 1.81. The molecule has 1 unspecified atom stereocenters. The average molecular weight is 263 g/mol. The summed E-state index contributed by atoms with van der Waals surface area (Å²) in [5, 5.41) is 5.47. The molecule has 1 aliphatic rings. The molecule has 1 aliphatic heterocycles. The van der Waals surface area contributed by atoms with Crippen LogP contribution in [0.2, 0.25) is 0 Å². The van der Waals surface area contributed by atoms with Crippen molar-refractivity contribution in [1.82, 2.24) is 5.32 Å². The van der Waals surface area contributed by atoms with Crippen LogP contribution in [0, 0.1) is 0 Å². The van der Waals surface area contributed by atoms with Crippen LogP contribution in [-0.4, -0.2) is 31.0 Å². The van der Waals surface area contributed by atoms with Gasteiger partial charge in [-0.25, -0.2) is 0 Å². The Hall–Kier alpha value is -2.08. The van der Waals surface area contributed by atoms with E-state index in [9.17, 15) is 9.59 Å². The van der Waals surface area contributed by atoms with Gasteiger partial charge in [0.2, 0.25) is 0 Å². The van der Waals surface area contributed by atoms with Crippen LogP contribution in [0.5, 0.6) is 5.75 Å². The van der Waals surface area contributed by atoms with E-state index in [0.717, 1.165) is 6.42 Å². The molecule has 0 aliphatic carbocycles. The van der Waals surface area contributed by atoms with Crippen LogP contribution >= 0.6 is 0 Å². The first-order valence-electron chi connectivity index (χ1n) is 6.22. The molecular weight excluding hydrogens is 246 g/mol. The molecule has 1 aromatic carbocycles. The van der Waals surface area contributed by atoms with Crippen molar-refractivity contribution < 1.29 is 14.3 Å². The van der Waals surface area contributed by atoms with Crippen molar-refractivity contribution in [2.24, 2.45) is 5.73 Å². The number of hydrogen-bond donors (Lipinski definition) is 3. The lowest BCUT2D eigenvalue weighted by Crippen LogP contribution is -2.36. The summed E-state index contributed by atoms with van der Waals surface area (Å²) in [5.41, 5.74) is 6.31. The number of benzene rings is 1. The summed E-state index contributed by atoms with van der Waals surface area (Å²) < 4.78 is 5.51. The highest BCUT2D eigenvalue weighted by Gasteiger charge is 2.27. The van der Waals surface area contributed by atoms with Gasteiger partial charge in [0.1, 0.15) is 0 Å². The first-order chi connectivity index (χ1) is 9.13. The van der Waals surface area contributed by atoms with E-state index in [-0.39, 0.29) is 11.8 Å². The maximum atomic E-state index is 12.0. The van der Waals surface area contributed by atoms with Crippen LogP contribution in [0.25, 0.3) is 0 Å². The van der Waals surface area contributed by atoms with Gasteiger partial charge in [-0.3, -0.25) is 9.59 Å².